The number of benzene rings is 2. The zero-order chi connectivity index (χ0) is 19.2. The van der Waals surface area contributed by atoms with Crippen LogP contribution in [-0.4, -0.2) is 12.3 Å². The quantitative estimate of drug-likeness (QED) is 0.699. The first-order valence-corrected chi connectivity index (χ1v) is 9.10. The van der Waals surface area contributed by atoms with Gasteiger partial charge in [0.15, 0.2) is 0 Å². The lowest BCUT2D eigenvalue weighted by molar-refractivity contribution is -0.155. The van der Waals surface area contributed by atoms with Crippen molar-refractivity contribution in [2.24, 2.45) is 5.41 Å². The van der Waals surface area contributed by atoms with Crippen molar-refractivity contribution in [3.63, 3.8) is 0 Å². The predicted molar refractivity (Wildman–Crippen MR) is 103 cm³/mol. The van der Waals surface area contributed by atoms with E-state index in [4.69, 9.17) is 9.47 Å². The molecule has 1 aliphatic heterocycles. The molecule has 138 valence electrons. The van der Waals surface area contributed by atoms with Gasteiger partial charge in [0, 0.05) is 5.41 Å². The molecule has 2 aromatic carbocycles. The summed E-state index contributed by atoms with van der Waals surface area (Å²) in [5.74, 6) is -0.355. The maximum absolute atomic E-state index is 13.1. The molecule has 0 radical (unpaired) electrons. The van der Waals surface area contributed by atoms with Crippen LogP contribution in [0.5, 0.6) is 0 Å². The van der Waals surface area contributed by atoms with E-state index in [0.717, 1.165) is 11.1 Å². The average molecular weight is 352 g/mol. The minimum absolute atomic E-state index is 0.0451. The third-order valence-electron chi connectivity index (χ3n) is 4.83. The Bertz CT molecular complexity index is 779. The van der Waals surface area contributed by atoms with E-state index >= 15 is 0 Å². The number of rotatable bonds is 2. The van der Waals surface area contributed by atoms with Gasteiger partial charge in [0.1, 0.15) is 0 Å². The van der Waals surface area contributed by atoms with E-state index < -0.39 is 11.9 Å². The van der Waals surface area contributed by atoms with E-state index in [2.05, 4.69) is 32.9 Å². The highest BCUT2D eigenvalue weighted by molar-refractivity contribution is 5.87. The molecule has 0 N–H and O–H groups in total. The van der Waals surface area contributed by atoms with E-state index in [1.807, 2.05) is 63.2 Å². The summed E-state index contributed by atoms with van der Waals surface area (Å²) in [6.07, 6.45) is -0.600. The molecule has 26 heavy (non-hydrogen) atoms. The molecule has 0 bridgehead atoms. The van der Waals surface area contributed by atoms with Gasteiger partial charge in [-0.2, -0.15) is 0 Å². The molecule has 0 aliphatic carbocycles. The number of ether oxygens (including phenoxy) is 2. The fraction of sp³-hybridized carbons (Fsp3) is 0.435. The standard InChI is InChI=1S/C23H28O3/c1-21(2,3)16-12-14-18(15-13-16)23(17-10-8-7-9-11-17)19(24)25-20(26-23)22(4,5)6/h7-15,20H,1-6H3/t20-,23-/m1/s1. The molecule has 2 atom stereocenters. The van der Waals surface area contributed by atoms with Crippen LogP contribution in [-0.2, 0) is 25.3 Å². The Balaban J connectivity index is 2.13. The second-order valence-corrected chi connectivity index (χ2v) is 9.10. The normalized spacial score (nSPS) is 23.8. The van der Waals surface area contributed by atoms with Gasteiger partial charge >= 0.3 is 5.97 Å². The molecular formula is C23H28O3. The van der Waals surface area contributed by atoms with Crippen LogP contribution in [0.3, 0.4) is 0 Å². The number of hydrogen-bond acceptors (Lipinski definition) is 3. The average Bonchev–Trinajstić information content (AvgIpc) is 2.94. The molecule has 3 nitrogen and oxygen atoms in total. The highest BCUT2D eigenvalue weighted by Crippen LogP contribution is 2.45. The van der Waals surface area contributed by atoms with E-state index in [0.29, 0.717) is 0 Å². The zero-order valence-electron chi connectivity index (χ0n) is 16.5. The summed E-state index contributed by atoms with van der Waals surface area (Å²) < 4.78 is 12.0. The minimum atomic E-state index is -1.23. The first kappa shape index (κ1) is 18.7. The van der Waals surface area contributed by atoms with Crippen LogP contribution in [0.4, 0.5) is 0 Å². The first-order chi connectivity index (χ1) is 12.0. The van der Waals surface area contributed by atoms with Gasteiger partial charge in [0.2, 0.25) is 11.9 Å². The van der Waals surface area contributed by atoms with E-state index in [-0.39, 0.29) is 16.8 Å². The number of esters is 1. The summed E-state index contributed by atoms with van der Waals surface area (Å²) in [6.45, 7) is 12.5. The Hall–Kier alpha value is -2.13. The lowest BCUT2D eigenvalue weighted by atomic mass is 9.82. The van der Waals surface area contributed by atoms with Crippen molar-refractivity contribution >= 4 is 5.97 Å². The Labute approximate surface area is 156 Å². The molecular weight excluding hydrogens is 324 g/mol. The lowest BCUT2D eigenvalue weighted by Gasteiger charge is -2.29. The van der Waals surface area contributed by atoms with Crippen molar-refractivity contribution in [3.8, 4) is 0 Å². The molecule has 2 aromatic rings. The topological polar surface area (TPSA) is 35.5 Å². The zero-order valence-corrected chi connectivity index (χ0v) is 16.5. The van der Waals surface area contributed by atoms with Gasteiger partial charge in [-0.25, -0.2) is 4.79 Å². The van der Waals surface area contributed by atoms with Gasteiger partial charge in [-0.1, -0.05) is 96.1 Å². The first-order valence-electron chi connectivity index (χ1n) is 9.10. The number of cyclic esters (lactones) is 1. The van der Waals surface area contributed by atoms with Crippen LogP contribution in [0, 0.1) is 5.41 Å². The summed E-state index contributed by atoms with van der Waals surface area (Å²) in [4.78, 5) is 13.1. The van der Waals surface area contributed by atoms with Gasteiger partial charge < -0.3 is 9.47 Å². The maximum Gasteiger partial charge on any atom is 0.350 e. The molecule has 1 heterocycles. The van der Waals surface area contributed by atoms with Crippen molar-refractivity contribution in [2.75, 3.05) is 0 Å². The second-order valence-electron chi connectivity index (χ2n) is 9.10. The van der Waals surface area contributed by atoms with Crippen LogP contribution < -0.4 is 0 Å². The minimum Gasteiger partial charge on any atom is -0.432 e. The van der Waals surface area contributed by atoms with E-state index in [1.54, 1.807) is 0 Å². The van der Waals surface area contributed by atoms with Crippen molar-refractivity contribution in [3.05, 3.63) is 71.3 Å². The van der Waals surface area contributed by atoms with Gasteiger partial charge in [-0.05, 0) is 22.1 Å². The largest absolute Gasteiger partial charge is 0.432 e. The Kier molecular flexibility index (Phi) is 4.48. The molecule has 1 fully saturated rings. The van der Waals surface area contributed by atoms with Crippen molar-refractivity contribution in [1.82, 2.24) is 0 Å². The predicted octanol–water partition coefficient (Wildman–Crippen LogP) is 5.17. The Morgan fingerprint density at radius 1 is 0.808 bits per heavy atom. The van der Waals surface area contributed by atoms with E-state index in [9.17, 15) is 4.79 Å². The summed E-state index contributed by atoms with van der Waals surface area (Å²) in [7, 11) is 0. The number of carbonyl (C=O) groups is 1. The molecule has 0 amide bonds. The van der Waals surface area contributed by atoms with Crippen LogP contribution in [0.15, 0.2) is 54.6 Å². The molecule has 0 spiro atoms. The molecule has 1 aliphatic rings. The molecule has 1 saturated heterocycles. The summed E-state index contributed by atoms with van der Waals surface area (Å²) >= 11 is 0. The molecule has 0 aromatic heterocycles. The van der Waals surface area contributed by atoms with Crippen molar-refractivity contribution in [2.45, 2.75) is 58.8 Å². The SMILES string of the molecule is CC(C)(C)c1ccc([C@@]2(c3ccccc3)O[C@H](C(C)(C)C)OC2=O)cc1. The Morgan fingerprint density at radius 3 is 1.81 bits per heavy atom. The van der Waals surface area contributed by atoms with Gasteiger partial charge in [0.25, 0.3) is 0 Å². The fourth-order valence-corrected chi connectivity index (χ4v) is 3.18. The van der Waals surface area contributed by atoms with Crippen LogP contribution >= 0.6 is 0 Å². The van der Waals surface area contributed by atoms with Gasteiger partial charge in [-0.15, -0.1) is 0 Å². The molecule has 3 rings (SSSR count). The Morgan fingerprint density at radius 2 is 1.35 bits per heavy atom. The van der Waals surface area contributed by atoms with Gasteiger partial charge in [0.05, 0.1) is 0 Å². The van der Waals surface area contributed by atoms with Crippen molar-refractivity contribution in [1.29, 1.82) is 0 Å². The maximum atomic E-state index is 13.1. The van der Waals surface area contributed by atoms with E-state index in [1.165, 1.54) is 5.56 Å². The van der Waals surface area contributed by atoms with Crippen LogP contribution in [0.2, 0.25) is 0 Å². The van der Waals surface area contributed by atoms with Crippen LogP contribution in [0.25, 0.3) is 0 Å². The van der Waals surface area contributed by atoms with Gasteiger partial charge in [-0.3, -0.25) is 0 Å². The lowest BCUT2D eigenvalue weighted by Crippen LogP contribution is -2.36. The summed E-state index contributed by atoms with van der Waals surface area (Å²) in [5.41, 5.74) is 1.31. The highest BCUT2D eigenvalue weighted by Gasteiger charge is 2.55. The number of hydrogen-bond donors (Lipinski definition) is 0. The molecule has 3 heteroatoms. The number of carbonyl (C=O) groups excluding carboxylic acids is 1. The fourth-order valence-electron chi connectivity index (χ4n) is 3.18. The summed E-state index contributed by atoms with van der Waals surface area (Å²) in [5, 5.41) is 0. The van der Waals surface area contributed by atoms with Crippen LogP contribution in [0.1, 0.15) is 58.2 Å². The third-order valence-corrected chi connectivity index (χ3v) is 4.83. The second kappa shape index (κ2) is 6.24. The summed E-state index contributed by atoms with van der Waals surface area (Å²) in [6, 6.07) is 17.7. The van der Waals surface area contributed by atoms with Crippen molar-refractivity contribution < 1.29 is 14.3 Å². The highest BCUT2D eigenvalue weighted by atomic mass is 16.8. The smallest absolute Gasteiger partial charge is 0.350 e. The molecule has 0 saturated carbocycles. The third kappa shape index (κ3) is 3.16. The molecule has 0 unspecified atom stereocenters. The monoisotopic (exact) mass is 352 g/mol.